The molecule has 3 atom stereocenters. The van der Waals surface area contributed by atoms with Gasteiger partial charge in [0.1, 0.15) is 0 Å². The summed E-state index contributed by atoms with van der Waals surface area (Å²) < 4.78 is 6.11. The first-order valence-corrected chi connectivity index (χ1v) is 9.37. The molecule has 1 aliphatic carbocycles. The van der Waals surface area contributed by atoms with E-state index in [1.807, 2.05) is 0 Å². The molecule has 3 unspecified atom stereocenters. The van der Waals surface area contributed by atoms with Crippen molar-refractivity contribution in [1.82, 2.24) is 5.32 Å². The first-order chi connectivity index (χ1) is 9.33. The summed E-state index contributed by atoms with van der Waals surface area (Å²) in [6.45, 7) is 4.47. The summed E-state index contributed by atoms with van der Waals surface area (Å²) in [7, 11) is 0. The van der Waals surface area contributed by atoms with Crippen LogP contribution >= 0.6 is 11.8 Å². The van der Waals surface area contributed by atoms with E-state index in [0.29, 0.717) is 5.60 Å². The van der Waals surface area contributed by atoms with Crippen LogP contribution in [0.5, 0.6) is 0 Å². The van der Waals surface area contributed by atoms with Crippen LogP contribution in [0.2, 0.25) is 0 Å². The van der Waals surface area contributed by atoms with Crippen molar-refractivity contribution < 1.29 is 4.74 Å². The van der Waals surface area contributed by atoms with Crippen LogP contribution in [0.1, 0.15) is 58.3 Å². The molecule has 0 aromatic carbocycles. The Morgan fingerprint density at radius 3 is 2.84 bits per heavy atom. The van der Waals surface area contributed by atoms with Crippen LogP contribution in [0.15, 0.2) is 0 Å². The molecule has 0 bridgehead atoms. The molecule has 1 saturated carbocycles. The summed E-state index contributed by atoms with van der Waals surface area (Å²) in [5, 5.41) is 4.76. The van der Waals surface area contributed by atoms with Crippen molar-refractivity contribution in [3.05, 3.63) is 0 Å². The van der Waals surface area contributed by atoms with E-state index in [2.05, 4.69) is 24.0 Å². The van der Waals surface area contributed by atoms with Gasteiger partial charge in [-0.25, -0.2) is 0 Å². The van der Waals surface area contributed by atoms with Crippen molar-refractivity contribution in [2.75, 3.05) is 18.9 Å². The largest absolute Gasteiger partial charge is 0.375 e. The lowest BCUT2D eigenvalue weighted by molar-refractivity contribution is -0.147. The average molecular weight is 283 g/mol. The maximum atomic E-state index is 6.11. The van der Waals surface area contributed by atoms with E-state index in [1.54, 1.807) is 0 Å². The molecular formula is C16H29NOS. The molecule has 3 fully saturated rings. The van der Waals surface area contributed by atoms with E-state index < -0.39 is 0 Å². The topological polar surface area (TPSA) is 21.3 Å². The van der Waals surface area contributed by atoms with Gasteiger partial charge in [-0.05, 0) is 69.6 Å². The van der Waals surface area contributed by atoms with Crippen LogP contribution in [0.25, 0.3) is 0 Å². The summed E-state index contributed by atoms with van der Waals surface area (Å²) >= 11 is 2.22. The average Bonchev–Trinajstić information content (AvgIpc) is 2.92. The predicted molar refractivity (Wildman–Crippen MR) is 82.8 cm³/mol. The third-order valence-corrected chi connectivity index (χ3v) is 6.78. The molecule has 2 saturated heterocycles. The zero-order chi connectivity index (χ0) is 13.1. The highest BCUT2D eigenvalue weighted by Crippen LogP contribution is 2.46. The monoisotopic (exact) mass is 283 g/mol. The second-order valence-electron chi connectivity index (χ2n) is 6.67. The van der Waals surface area contributed by atoms with Crippen LogP contribution in [0.4, 0.5) is 0 Å². The molecule has 2 aliphatic heterocycles. The Kier molecular flexibility index (Phi) is 4.76. The van der Waals surface area contributed by atoms with Crippen molar-refractivity contribution in [3.63, 3.8) is 0 Å². The molecule has 1 spiro atoms. The van der Waals surface area contributed by atoms with Gasteiger partial charge in [0.25, 0.3) is 0 Å². The highest BCUT2D eigenvalue weighted by molar-refractivity contribution is 8.00. The minimum atomic E-state index is 0.304. The summed E-state index contributed by atoms with van der Waals surface area (Å²) in [5.41, 5.74) is 0.304. The van der Waals surface area contributed by atoms with E-state index in [9.17, 15) is 0 Å². The molecule has 110 valence electrons. The highest BCUT2D eigenvalue weighted by atomic mass is 32.2. The lowest BCUT2D eigenvalue weighted by Gasteiger charge is -2.49. The van der Waals surface area contributed by atoms with Gasteiger partial charge in [0, 0.05) is 17.9 Å². The molecule has 3 rings (SSSR count). The summed E-state index contributed by atoms with van der Waals surface area (Å²) in [6.07, 6.45) is 10.7. The number of rotatable bonds is 5. The van der Waals surface area contributed by atoms with Crippen molar-refractivity contribution >= 4 is 11.8 Å². The maximum absolute atomic E-state index is 6.11. The molecular weight excluding hydrogens is 254 g/mol. The Labute approximate surface area is 122 Å². The molecule has 0 aromatic heterocycles. The Morgan fingerprint density at radius 1 is 1.32 bits per heavy atom. The van der Waals surface area contributed by atoms with Gasteiger partial charge >= 0.3 is 0 Å². The van der Waals surface area contributed by atoms with E-state index in [1.165, 1.54) is 63.7 Å². The molecule has 0 aromatic rings. The molecule has 2 heterocycles. The molecule has 0 radical (unpaired) electrons. The van der Waals surface area contributed by atoms with E-state index >= 15 is 0 Å². The fraction of sp³-hybridized carbons (Fsp3) is 1.00. The number of hydrogen-bond acceptors (Lipinski definition) is 3. The normalized spacial score (nSPS) is 35.2. The summed E-state index contributed by atoms with van der Waals surface area (Å²) in [4.78, 5) is 0. The van der Waals surface area contributed by atoms with Crippen molar-refractivity contribution in [2.45, 2.75) is 75.2 Å². The fourth-order valence-corrected chi connectivity index (χ4v) is 5.59. The van der Waals surface area contributed by atoms with Crippen LogP contribution in [0, 0.1) is 5.92 Å². The number of thioether (sulfide) groups is 1. The third-order valence-electron chi connectivity index (χ3n) is 5.30. The maximum Gasteiger partial charge on any atom is 0.0685 e. The van der Waals surface area contributed by atoms with E-state index in [0.717, 1.165) is 23.8 Å². The number of ether oxygens (including phenoxy) is 1. The Hall–Kier alpha value is 0.270. The van der Waals surface area contributed by atoms with Crippen LogP contribution < -0.4 is 5.32 Å². The Bertz CT molecular complexity index is 286. The van der Waals surface area contributed by atoms with Gasteiger partial charge < -0.3 is 10.1 Å². The molecule has 19 heavy (non-hydrogen) atoms. The van der Waals surface area contributed by atoms with Gasteiger partial charge in [0.05, 0.1) is 5.60 Å². The van der Waals surface area contributed by atoms with Gasteiger partial charge in [-0.15, -0.1) is 0 Å². The zero-order valence-corrected chi connectivity index (χ0v) is 13.1. The zero-order valence-electron chi connectivity index (χ0n) is 12.3. The van der Waals surface area contributed by atoms with Crippen molar-refractivity contribution in [2.24, 2.45) is 5.92 Å². The standard InChI is InChI=1S/C16H29NOS/c1-2-9-17-15(14-5-3-11-19-14)13-6-10-18-16(12-13)7-4-8-16/h13-15,17H,2-12H2,1H3. The minimum Gasteiger partial charge on any atom is -0.375 e. The van der Waals surface area contributed by atoms with Gasteiger partial charge in [0.2, 0.25) is 0 Å². The molecule has 0 amide bonds. The second-order valence-corrected chi connectivity index (χ2v) is 8.02. The van der Waals surface area contributed by atoms with Gasteiger partial charge in [0.15, 0.2) is 0 Å². The molecule has 3 aliphatic rings. The fourth-order valence-electron chi connectivity index (χ4n) is 4.09. The lowest BCUT2D eigenvalue weighted by atomic mass is 9.70. The van der Waals surface area contributed by atoms with Crippen LogP contribution in [0.3, 0.4) is 0 Å². The third kappa shape index (κ3) is 3.14. The van der Waals surface area contributed by atoms with Crippen molar-refractivity contribution in [1.29, 1.82) is 0 Å². The number of nitrogens with one attached hydrogen (secondary N) is 1. The van der Waals surface area contributed by atoms with Gasteiger partial charge in [-0.2, -0.15) is 11.8 Å². The SMILES string of the molecule is CCCNC(C1CCOC2(CCC2)C1)C1CCCS1. The first kappa shape index (κ1) is 14.2. The molecule has 2 nitrogen and oxygen atoms in total. The first-order valence-electron chi connectivity index (χ1n) is 8.32. The highest BCUT2D eigenvalue weighted by Gasteiger charge is 2.45. The second kappa shape index (κ2) is 6.36. The summed E-state index contributed by atoms with van der Waals surface area (Å²) in [5.74, 6) is 2.24. The summed E-state index contributed by atoms with van der Waals surface area (Å²) in [6, 6.07) is 0.744. The Morgan fingerprint density at radius 2 is 2.21 bits per heavy atom. The van der Waals surface area contributed by atoms with Crippen LogP contribution in [-0.4, -0.2) is 35.8 Å². The molecule has 1 N–H and O–H groups in total. The predicted octanol–water partition coefficient (Wildman–Crippen LogP) is 3.60. The van der Waals surface area contributed by atoms with E-state index in [-0.39, 0.29) is 0 Å². The van der Waals surface area contributed by atoms with E-state index in [4.69, 9.17) is 4.74 Å². The number of hydrogen-bond donors (Lipinski definition) is 1. The smallest absolute Gasteiger partial charge is 0.0685 e. The minimum absolute atomic E-state index is 0.304. The van der Waals surface area contributed by atoms with Crippen molar-refractivity contribution in [3.8, 4) is 0 Å². The van der Waals surface area contributed by atoms with Gasteiger partial charge in [-0.1, -0.05) is 6.92 Å². The molecule has 3 heteroatoms. The lowest BCUT2D eigenvalue weighted by Crippen LogP contribution is -2.52. The van der Waals surface area contributed by atoms with Gasteiger partial charge in [-0.3, -0.25) is 0 Å². The Balaban J connectivity index is 1.63. The van der Waals surface area contributed by atoms with Crippen LogP contribution in [-0.2, 0) is 4.74 Å². The quantitative estimate of drug-likeness (QED) is 0.833.